The van der Waals surface area contributed by atoms with Gasteiger partial charge in [-0.1, -0.05) is 30.3 Å². The molecule has 1 atom stereocenters. The molecular formula is C20H21F3N4. The lowest BCUT2D eigenvalue weighted by atomic mass is 10.1. The maximum absolute atomic E-state index is 13.3. The number of hydrogen-bond acceptors (Lipinski definition) is 3. The van der Waals surface area contributed by atoms with Crippen molar-refractivity contribution in [3.63, 3.8) is 0 Å². The smallest absolute Gasteiger partial charge is 0.302 e. The van der Waals surface area contributed by atoms with Crippen molar-refractivity contribution in [1.29, 1.82) is 0 Å². The number of halogens is 3. The molecule has 7 heteroatoms. The van der Waals surface area contributed by atoms with Crippen LogP contribution in [-0.4, -0.2) is 39.1 Å². The van der Waals surface area contributed by atoms with Gasteiger partial charge in [-0.05, 0) is 37.9 Å². The molecule has 27 heavy (non-hydrogen) atoms. The number of aryl methyl sites for hydroxylation is 1. The van der Waals surface area contributed by atoms with Crippen LogP contribution in [0.3, 0.4) is 0 Å². The predicted molar refractivity (Wildman–Crippen MR) is 96.7 cm³/mol. The van der Waals surface area contributed by atoms with E-state index in [4.69, 9.17) is 0 Å². The first-order valence-corrected chi connectivity index (χ1v) is 9.11. The van der Waals surface area contributed by atoms with Crippen LogP contribution in [0.1, 0.15) is 35.0 Å². The van der Waals surface area contributed by atoms with Gasteiger partial charge in [-0.3, -0.25) is 0 Å². The molecule has 0 N–H and O–H groups in total. The molecule has 3 heterocycles. The molecular weight excluding hydrogens is 353 g/mol. The average Bonchev–Trinajstić information content (AvgIpc) is 3.25. The van der Waals surface area contributed by atoms with Crippen molar-refractivity contribution in [3.05, 3.63) is 65.1 Å². The first-order chi connectivity index (χ1) is 12.9. The zero-order valence-corrected chi connectivity index (χ0v) is 15.1. The minimum atomic E-state index is -4.45. The number of nitrogens with zero attached hydrogens (tertiary/aromatic N) is 4. The lowest BCUT2D eigenvalue weighted by molar-refractivity contribution is -0.142. The molecule has 3 aromatic rings. The Morgan fingerprint density at radius 3 is 2.67 bits per heavy atom. The van der Waals surface area contributed by atoms with Crippen LogP contribution in [0.25, 0.3) is 5.65 Å². The summed E-state index contributed by atoms with van der Waals surface area (Å²) in [4.78, 5) is 6.58. The van der Waals surface area contributed by atoms with E-state index < -0.39 is 11.9 Å². The monoisotopic (exact) mass is 374 g/mol. The van der Waals surface area contributed by atoms with Crippen molar-refractivity contribution >= 4 is 5.65 Å². The Balaban J connectivity index is 1.50. The van der Waals surface area contributed by atoms with Gasteiger partial charge in [0.25, 0.3) is 0 Å². The summed E-state index contributed by atoms with van der Waals surface area (Å²) in [6.45, 7) is 4.27. The zero-order valence-electron chi connectivity index (χ0n) is 15.1. The highest BCUT2D eigenvalue weighted by Crippen LogP contribution is 2.32. The summed E-state index contributed by atoms with van der Waals surface area (Å²) >= 11 is 0. The Labute approximate surface area is 155 Å². The second kappa shape index (κ2) is 6.96. The van der Waals surface area contributed by atoms with Crippen molar-refractivity contribution in [3.8, 4) is 0 Å². The fourth-order valence-corrected chi connectivity index (χ4v) is 3.73. The minimum Gasteiger partial charge on any atom is -0.302 e. The molecule has 0 radical (unpaired) electrons. The molecule has 142 valence electrons. The quantitative estimate of drug-likeness (QED) is 0.690. The summed E-state index contributed by atoms with van der Waals surface area (Å²) in [5.41, 5.74) is 1.83. The van der Waals surface area contributed by atoms with Crippen LogP contribution in [0.2, 0.25) is 0 Å². The van der Waals surface area contributed by atoms with E-state index in [-0.39, 0.29) is 11.6 Å². The molecule has 4 nitrogen and oxygen atoms in total. The lowest BCUT2D eigenvalue weighted by Crippen LogP contribution is -2.23. The molecule has 0 unspecified atom stereocenters. The predicted octanol–water partition coefficient (Wildman–Crippen LogP) is 4.09. The number of fused-ring (bicyclic) bond motifs is 1. The Morgan fingerprint density at radius 2 is 1.93 bits per heavy atom. The zero-order chi connectivity index (χ0) is 19.0. The van der Waals surface area contributed by atoms with Gasteiger partial charge in [0.2, 0.25) is 0 Å². The van der Waals surface area contributed by atoms with Crippen LogP contribution in [0.5, 0.6) is 0 Å². The third kappa shape index (κ3) is 3.83. The first kappa shape index (κ1) is 18.0. The Bertz CT molecular complexity index is 934. The maximum atomic E-state index is 13.3. The van der Waals surface area contributed by atoms with Crippen molar-refractivity contribution in [1.82, 2.24) is 19.5 Å². The van der Waals surface area contributed by atoms with E-state index in [0.29, 0.717) is 11.4 Å². The first-order valence-electron chi connectivity index (χ1n) is 9.11. The number of likely N-dealkylation sites (tertiary alicyclic amines) is 1. The largest absolute Gasteiger partial charge is 0.433 e. The molecule has 0 bridgehead atoms. The Morgan fingerprint density at radius 1 is 1.15 bits per heavy atom. The van der Waals surface area contributed by atoms with Crippen LogP contribution in [-0.2, 0) is 12.6 Å². The van der Waals surface area contributed by atoms with Gasteiger partial charge < -0.3 is 4.90 Å². The third-order valence-corrected chi connectivity index (χ3v) is 5.11. The number of aromatic nitrogens is 3. The second-order valence-corrected chi connectivity index (χ2v) is 7.14. The number of alkyl halides is 3. The third-order valence-electron chi connectivity index (χ3n) is 5.11. The molecule has 1 aliphatic rings. The van der Waals surface area contributed by atoms with E-state index >= 15 is 0 Å². The summed E-state index contributed by atoms with van der Waals surface area (Å²) in [7, 11) is 0. The van der Waals surface area contributed by atoms with Gasteiger partial charge in [0.05, 0.1) is 5.69 Å². The van der Waals surface area contributed by atoms with Crippen molar-refractivity contribution in [2.24, 2.45) is 0 Å². The van der Waals surface area contributed by atoms with Gasteiger partial charge in [0.1, 0.15) is 5.69 Å². The van der Waals surface area contributed by atoms with Crippen LogP contribution in [0.4, 0.5) is 13.2 Å². The highest BCUT2D eigenvalue weighted by molar-refractivity contribution is 5.43. The van der Waals surface area contributed by atoms with Crippen LogP contribution in [0.15, 0.2) is 42.5 Å². The number of hydrogen-bond donors (Lipinski definition) is 0. The minimum absolute atomic E-state index is 0.142. The molecule has 1 aromatic carbocycles. The standard InChI is InChI=1S/C20H21F3N4/c1-14-11-18(20(21,22)23)27-19(24-14)12-17(25-27)16-8-10-26(13-16)9-7-15-5-3-2-4-6-15/h2-6,11-12,16H,7-10,13H2,1H3/t16-/m1/s1. The molecule has 1 aliphatic heterocycles. The topological polar surface area (TPSA) is 33.4 Å². The highest BCUT2D eigenvalue weighted by atomic mass is 19.4. The van der Waals surface area contributed by atoms with E-state index in [0.717, 1.165) is 43.1 Å². The molecule has 4 rings (SSSR count). The van der Waals surface area contributed by atoms with E-state index in [2.05, 4.69) is 27.1 Å². The molecule has 0 amide bonds. The SMILES string of the molecule is Cc1cc(C(F)(F)F)n2nc([C@@H]3CCN(CCc4ccccc4)C3)cc2n1. The molecule has 0 spiro atoms. The van der Waals surface area contributed by atoms with E-state index in [1.54, 1.807) is 13.0 Å². The fourth-order valence-electron chi connectivity index (χ4n) is 3.73. The molecule has 1 saturated heterocycles. The van der Waals surface area contributed by atoms with Gasteiger partial charge in [-0.15, -0.1) is 0 Å². The average molecular weight is 374 g/mol. The second-order valence-electron chi connectivity index (χ2n) is 7.14. The summed E-state index contributed by atoms with van der Waals surface area (Å²) in [5, 5.41) is 4.26. The van der Waals surface area contributed by atoms with Gasteiger partial charge in [0, 0.05) is 30.8 Å². The van der Waals surface area contributed by atoms with Gasteiger partial charge >= 0.3 is 6.18 Å². The molecule has 0 saturated carbocycles. The van der Waals surface area contributed by atoms with Crippen molar-refractivity contribution < 1.29 is 13.2 Å². The van der Waals surface area contributed by atoms with Crippen LogP contribution < -0.4 is 0 Å². The van der Waals surface area contributed by atoms with E-state index in [1.807, 2.05) is 18.2 Å². The lowest BCUT2D eigenvalue weighted by Gasteiger charge is -2.15. The van der Waals surface area contributed by atoms with E-state index in [9.17, 15) is 13.2 Å². The van der Waals surface area contributed by atoms with Gasteiger partial charge in [0.15, 0.2) is 5.65 Å². The van der Waals surface area contributed by atoms with Crippen molar-refractivity contribution in [2.75, 3.05) is 19.6 Å². The van der Waals surface area contributed by atoms with Gasteiger partial charge in [-0.25, -0.2) is 9.50 Å². The fraction of sp³-hybridized carbons (Fsp3) is 0.400. The molecule has 0 aliphatic carbocycles. The van der Waals surface area contributed by atoms with Crippen LogP contribution >= 0.6 is 0 Å². The molecule has 2 aromatic heterocycles. The van der Waals surface area contributed by atoms with Gasteiger partial charge in [-0.2, -0.15) is 18.3 Å². The molecule has 1 fully saturated rings. The van der Waals surface area contributed by atoms with E-state index in [1.165, 1.54) is 5.56 Å². The Hall–Kier alpha value is -2.41. The summed E-state index contributed by atoms with van der Waals surface area (Å²) in [6, 6.07) is 13.0. The van der Waals surface area contributed by atoms with Crippen LogP contribution in [0, 0.1) is 6.92 Å². The Kier molecular flexibility index (Phi) is 4.63. The number of rotatable bonds is 4. The summed E-state index contributed by atoms with van der Waals surface area (Å²) in [5.74, 6) is 0.142. The van der Waals surface area contributed by atoms with Crippen molar-refractivity contribution in [2.45, 2.75) is 31.9 Å². The summed E-state index contributed by atoms with van der Waals surface area (Å²) in [6.07, 6.45) is -2.58. The summed E-state index contributed by atoms with van der Waals surface area (Å²) < 4.78 is 40.9. The maximum Gasteiger partial charge on any atom is 0.433 e. The number of benzene rings is 1. The normalized spacial score (nSPS) is 18.4. The highest BCUT2D eigenvalue weighted by Gasteiger charge is 2.35.